The fourth-order valence-corrected chi connectivity index (χ4v) is 2.80. The molecule has 0 saturated carbocycles. The van der Waals surface area contributed by atoms with Gasteiger partial charge in [-0.25, -0.2) is 9.97 Å². The molecule has 0 bridgehead atoms. The Bertz CT molecular complexity index is 615. The van der Waals surface area contributed by atoms with Crippen molar-refractivity contribution in [1.29, 1.82) is 0 Å². The van der Waals surface area contributed by atoms with Crippen LogP contribution >= 0.6 is 34.5 Å². The maximum absolute atomic E-state index is 12.3. The van der Waals surface area contributed by atoms with Crippen molar-refractivity contribution in [3.05, 3.63) is 44.1 Å². The van der Waals surface area contributed by atoms with Crippen LogP contribution in [0, 0.1) is 6.92 Å². The third kappa shape index (κ3) is 3.23. The van der Waals surface area contributed by atoms with Crippen LogP contribution in [0.3, 0.4) is 0 Å². The van der Waals surface area contributed by atoms with Crippen molar-refractivity contribution in [2.24, 2.45) is 0 Å². The molecule has 0 unspecified atom stereocenters. The zero-order valence-electron chi connectivity index (χ0n) is 10.4. The third-order valence-corrected chi connectivity index (χ3v) is 4.04. The van der Waals surface area contributed by atoms with Gasteiger partial charge in [-0.05, 0) is 19.1 Å². The summed E-state index contributed by atoms with van der Waals surface area (Å²) in [5.41, 5.74) is 3.04. The predicted octanol–water partition coefficient (Wildman–Crippen LogP) is 3.43. The molecule has 0 atom stereocenters. The summed E-state index contributed by atoms with van der Waals surface area (Å²) >= 11 is 13.2. The number of rotatable bonds is 3. The Labute approximate surface area is 125 Å². The van der Waals surface area contributed by atoms with Crippen LogP contribution in [0.5, 0.6) is 0 Å². The van der Waals surface area contributed by atoms with Crippen molar-refractivity contribution in [2.75, 3.05) is 7.05 Å². The largest absolute Gasteiger partial charge is 0.336 e. The standard InChI is InChI=1S/C12H11Cl2N3OS/c1-7-9(19-6-15-7)5-17(2)12(18)8-3-4-10(13)16-11(8)14/h3-4,6H,5H2,1-2H3. The fraction of sp³-hybridized carbons (Fsp3) is 0.250. The summed E-state index contributed by atoms with van der Waals surface area (Å²) < 4.78 is 0. The van der Waals surface area contributed by atoms with Gasteiger partial charge in [0.2, 0.25) is 0 Å². The van der Waals surface area contributed by atoms with Gasteiger partial charge in [0, 0.05) is 11.9 Å². The first-order valence-electron chi connectivity index (χ1n) is 5.45. The van der Waals surface area contributed by atoms with Crippen molar-refractivity contribution in [3.63, 3.8) is 0 Å². The van der Waals surface area contributed by atoms with Gasteiger partial charge >= 0.3 is 0 Å². The summed E-state index contributed by atoms with van der Waals surface area (Å²) in [4.78, 5) is 22.9. The van der Waals surface area contributed by atoms with E-state index in [9.17, 15) is 4.79 Å². The Balaban J connectivity index is 2.17. The molecule has 1 amide bonds. The van der Waals surface area contributed by atoms with Crippen LogP contribution in [0.25, 0.3) is 0 Å². The molecule has 0 N–H and O–H groups in total. The summed E-state index contributed by atoms with van der Waals surface area (Å²) in [6.07, 6.45) is 0. The van der Waals surface area contributed by atoms with Crippen LogP contribution in [0.15, 0.2) is 17.6 Å². The first kappa shape index (κ1) is 14.2. The summed E-state index contributed by atoms with van der Waals surface area (Å²) in [6.45, 7) is 2.41. The smallest absolute Gasteiger partial charge is 0.257 e. The Morgan fingerprint density at radius 2 is 2.16 bits per heavy atom. The average molecular weight is 316 g/mol. The minimum atomic E-state index is -0.193. The van der Waals surface area contributed by atoms with Crippen LogP contribution in [0.4, 0.5) is 0 Å². The molecule has 0 saturated heterocycles. The first-order chi connectivity index (χ1) is 8.99. The Morgan fingerprint density at radius 3 is 2.74 bits per heavy atom. The van der Waals surface area contributed by atoms with E-state index in [1.807, 2.05) is 6.92 Å². The molecule has 19 heavy (non-hydrogen) atoms. The number of carbonyl (C=O) groups excluding carboxylic acids is 1. The van der Waals surface area contributed by atoms with Gasteiger partial charge < -0.3 is 4.90 Å². The summed E-state index contributed by atoms with van der Waals surface area (Å²) in [7, 11) is 1.71. The number of thiazole rings is 1. The molecule has 0 aliphatic heterocycles. The summed E-state index contributed by atoms with van der Waals surface area (Å²) in [5.74, 6) is -0.193. The normalized spacial score (nSPS) is 10.5. The lowest BCUT2D eigenvalue weighted by Crippen LogP contribution is -2.26. The molecule has 0 aromatic carbocycles. The lowest BCUT2D eigenvalue weighted by molar-refractivity contribution is 0.0786. The number of hydrogen-bond donors (Lipinski definition) is 0. The number of halogens is 2. The van der Waals surface area contributed by atoms with Gasteiger partial charge in [-0.3, -0.25) is 4.79 Å². The van der Waals surface area contributed by atoms with E-state index >= 15 is 0 Å². The summed E-state index contributed by atoms with van der Waals surface area (Å²) in [5, 5.41) is 0.382. The van der Waals surface area contributed by atoms with Crippen LogP contribution in [-0.2, 0) is 6.54 Å². The van der Waals surface area contributed by atoms with Gasteiger partial charge in [0.25, 0.3) is 5.91 Å². The Kier molecular flexibility index (Phi) is 4.39. The fourth-order valence-electron chi connectivity index (χ4n) is 1.54. The van der Waals surface area contributed by atoms with E-state index in [0.717, 1.165) is 10.6 Å². The molecule has 0 fully saturated rings. The minimum Gasteiger partial charge on any atom is -0.336 e. The van der Waals surface area contributed by atoms with E-state index in [4.69, 9.17) is 23.2 Å². The molecular weight excluding hydrogens is 305 g/mol. The predicted molar refractivity (Wildman–Crippen MR) is 76.9 cm³/mol. The maximum Gasteiger partial charge on any atom is 0.257 e. The van der Waals surface area contributed by atoms with Crippen LogP contribution < -0.4 is 0 Å². The second-order valence-electron chi connectivity index (χ2n) is 3.99. The van der Waals surface area contributed by atoms with E-state index in [0.29, 0.717) is 12.1 Å². The SMILES string of the molecule is Cc1ncsc1CN(C)C(=O)c1ccc(Cl)nc1Cl. The number of amides is 1. The van der Waals surface area contributed by atoms with E-state index in [1.165, 1.54) is 11.3 Å². The average Bonchev–Trinajstić information content (AvgIpc) is 2.74. The maximum atomic E-state index is 12.3. The highest BCUT2D eigenvalue weighted by molar-refractivity contribution is 7.09. The van der Waals surface area contributed by atoms with Crippen molar-refractivity contribution in [1.82, 2.24) is 14.9 Å². The molecule has 7 heteroatoms. The molecule has 2 rings (SSSR count). The molecule has 100 valence electrons. The molecule has 0 aliphatic carbocycles. The summed E-state index contributed by atoms with van der Waals surface area (Å²) in [6, 6.07) is 3.13. The molecule has 2 aromatic rings. The first-order valence-corrected chi connectivity index (χ1v) is 7.09. The van der Waals surface area contributed by atoms with Crippen LogP contribution in [-0.4, -0.2) is 27.8 Å². The number of pyridine rings is 1. The molecule has 4 nitrogen and oxygen atoms in total. The molecule has 0 aliphatic rings. The van der Waals surface area contributed by atoms with E-state index in [2.05, 4.69) is 9.97 Å². The topological polar surface area (TPSA) is 46.1 Å². The van der Waals surface area contributed by atoms with Gasteiger partial charge in [0.15, 0.2) is 0 Å². The highest BCUT2D eigenvalue weighted by Crippen LogP contribution is 2.20. The van der Waals surface area contributed by atoms with E-state index < -0.39 is 0 Å². The van der Waals surface area contributed by atoms with Gasteiger partial charge in [-0.1, -0.05) is 23.2 Å². The number of carbonyl (C=O) groups is 1. The molecule has 0 spiro atoms. The molecule has 2 aromatic heterocycles. The van der Waals surface area contributed by atoms with Crippen molar-refractivity contribution in [3.8, 4) is 0 Å². The molecule has 2 heterocycles. The Hall–Kier alpha value is -1.17. The van der Waals surface area contributed by atoms with Gasteiger partial charge in [0.05, 0.1) is 23.3 Å². The lowest BCUT2D eigenvalue weighted by atomic mass is 10.2. The number of aromatic nitrogens is 2. The van der Waals surface area contributed by atoms with Gasteiger partial charge in [-0.15, -0.1) is 11.3 Å². The van der Waals surface area contributed by atoms with Crippen LogP contribution in [0.2, 0.25) is 10.3 Å². The zero-order chi connectivity index (χ0) is 14.0. The van der Waals surface area contributed by atoms with Gasteiger partial charge in [-0.2, -0.15) is 0 Å². The third-order valence-electron chi connectivity index (χ3n) is 2.62. The number of nitrogens with zero attached hydrogens (tertiary/aromatic N) is 3. The Morgan fingerprint density at radius 1 is 1.42 bits per heavy atom. The van der Waals surface area contributed by atoms with Gasteiger partial charge in [0.1, 0.15) is 10.3 Å². The van der Waals surface area contributed by atoms with E-state index in [1.54, 1.807) is 29.6 Å². The van der Waals surface area contributed by atoms with Crippen LogP contribution in [0.1, 0.15) is 20.9 Å². The minimum absolute atomic E-state index is 0.116. The van der Waals surface area contributed by atoms with Crippen molar-refractivity contribution < 1.29 is 4.79 Å². The van der Waals surface area contributed by atoms with Crippen molar-refractivity contribution in [2.45, 2.75) is 13.5 Å². The second kappa shape index (κ2) is 5.86. The molecular formula is C12H11Cl2N3OS. The highest BCUT2D eigenvalue weighted by atomic mass is 35.5. The molecule has 0 radical (unpaired) electrons. The van der Waals surface area contributed by atoms with Crippen molar-refractivity contribution >= 4 is 40.4 Å². The van der Waals surface area contributed by atoms with E-state index in [-0.39, 0.29) is 16.2 Å². The highest BCUT2D eigenvalue weighted by Gasteiger charge is 2.17. The number of hydrogen-bond acceptors (Lipinski definition) is 4. The quantitative estimate of drug-likeness (QED) is 0.815. The lowest BCUT2D eigenvalue weighted by Gasteiger charge is -2.17. The zero-order valence-corrected chi connectivity index (χ0v) is 12.7. The monoisotopic (exact) mass is 315 g/mol. The second-order valence-corrected chi connectivity index (χ2v) is 5.68. The number of aryl methyl sites for hydroxylation is 1.